The molecule has 4 rings (SSSR count). The molecule has 176 valence electrons. The highest BCUT2D eigenvalue weighted by molar-refractivity contribution is 7.99. The van der Waals surface area contributed by atoms with E-state index in [9.17, 15) is 4.79 Å². The van der Waals surface area contributed by atoms with Crippen molar-refractivity contribution in [2.24, 2.45) is 4.99 Å². The van der Waals surface area contributed by atoms with Gasteiger partial charge in [-0.1, -0.05) is 42.8 Å². The Morgan fingerprint density at radius 1 is 0.941 bits per heavy atom. The maximum absolute atomic E-state index is 12.9. The third-order valence-electron chi connectivity index (χ3n) is 5.78. The summed E-state index contributed by atoms with van der Waals surface area (Å²) >= 11 is 1.72. The van der Waals surface area contributed by atoms with E-state index in [0.717, 1.165) is 34.7 Å². The standard InChI is InChI=1S/C28H30N2O3S/c1-5-6-22-21-15-18(2)7-11-26(21)34-27-12-9-20(17-23(27)30-22)28(31)29-14-13-19-8-10-24(32-3)25(16-19)33-4/h7-12,15-17H,5-6,13-14H2,1-4H3,(H,29,31). The molecule has 0 atom stereocenters. The molecule has 1 heterocycles. The summed E-state index contributed by atoms with van der Waals surface area (Å²) in [7, 11) is 3.24. The summed E-state index contributed by atoms with van der Waals surface area (Å²) < 4.78 is 10.7. The van der Waals surface area contributed by atoms with Gasteiger partial charge < -0.3 is 14.8 Å². The Kier molecular flexibility index (Phi) is 7.58. The van der Waals surface area contributed by atoms with E-state index in [2.05, 4.69) is 37.4 Å². The molecule has 0 bridgehead atoms. The molecule has 0 spiro atoms. The van der Waals surface area contributed by atoms with Crippen molar-refractivity contribution in [3.05, 3.63) is 76.9 Å². The maximum Gasteiger partial charge on any atom is 0.251 e. The second-order valence-corrected chi connectivity index (χ2v) is 9.37. The van der Waals surface area contributed by atoms with Crippen LogP contribution in [0.3, 0.4) is 0 Å². The fourth-order valence-electron chi connectivity index (χ4n) is 4.00. The highest BCUT2D eigenvalue weighted by atomic mass is 32.2. The van der Waals surface area contributed by atoms with E-state index >= 15 is 0 Å². The van der Waals surface area contributed by atoms with Gasteiger partial charge in [-0.05, 0) is 67.8 Å². The largest absolute Gasteiger partial charge is 0.493 e. The number of carbonyl (C=O) groups is 1. The number of carbonyl (C=O) groups excluding carboxylic acids is 1. The molecule has 1 N–H and O–H groups in total. The third-order valence-corrected chi connectivity index (χ3v) is 6.92. The van der Waals surface area contributed by atoms with Crippen molar-refractivity contribution < 1.29 is 14.3 Å². The highest BCUT2D eigenvalue weighted by Gasteiger charge is 2.19. The van der Waals surface area contributed by atoms with Gasteiger partial charge in [-0.25, -0.2) is 0 Å². The van der Waals surface area contributed by atoms with E-state index in [4.69, 9.17) is 14.5 Å². The molecule has 3 aromatic rings. The number of methoxy groups -OCH3 is 2. The van der Waals surface area contributed by atoms with Crippen LogP contribution in [-0.4, -0.2) is 32.4 Å². The van der Waals surface area contributed by atoms with Crippen molar-refractivity contribution in [1.82, 2.24) is 5.32 Å². The lowest BCUT2D eigenvalue weighted by atomic mass is 10.0. The van der Waals surface area contributed by atoms with Gasteiger partial charge in [-0.2, -0.15) is 0 Å². The van der Waals surface area contributed by atoms with Crippen LogP contribution in [0.2, 0.25) is 0 Å². The Bertz CT molecular complexity index is 1240. The number of hydrogen-bond acceptors (Lipinski definition) is 5. The number of aliphatic imine (C=N–C) groups is 1. The minimum Gasteiger partial charge on any atom is -0.493 e. The first-order valence-electron chi connectivity index (χ1n) is 11.5. The Balaban J connectivity index is 1.50. The fraction of sp³-hybridized carbons (Fsp3) is 0.286. The van der Waals surface area contributed by atoms with E-state index in [0.29, 0.717) is 30.0 Å². The number of fused-ring (bicyclic) bond motifs is 2. The Labute approximate surface area is 205 Å². The van der Waals surface area contributed by atoms with Crippen LogP contribution in [0.5, 0.6) is 11.5 Å². The SMILES string of the molecule is CCCC1=Nc2cc(C(=O)NCCc3ccc(OC)c(OC)c3)ccc2Sc2ccc(C)cc21. The van der Waals surface area contributed by atoms with Gasteiger partial charge in [-0.15, -0.1) is 0 Å². The average Bonchev–Trinajstić information content (AvgIpc) is 3.00. The second-order valence-electron chi connectivity index (χ2n) is 8.29. The zero-order valence-electron chi connectivity index (χ0n) is 20.1. The number of aryl methyl sites for hydroxylation is 1. The van der Waals surface area contributed by atoms with E-state index in [1.807, 2.05) is 36.4 Å². The van der Waals surface area contributed by atoms with Crippen molar-refractivity contribution in [3.63, 3.8) is 0 Å². The highest BCUT2D eigenvalue weighted by Crippen LogP contribution is 2.41. The molecule has 1 amide bonds. The van der Waals surface area contributed by atoms with E-state index in [1.165, 1.54) is 16.0 Å². The van der Waals surface area contributed by atoms with Gasteiger partial charge in [0.2, 0.25) is 0 Å². The zero-order chi connectivity index (χ0) is 24.1. The van der Waals surface area contributed by atoms with Gasteiger partial charge >= 0.3 is 0 Å². The smallest absolute Gasteiger partial charge is 0.251 e. The van der Waals surface area contributed by atoms with Crippen molar-refractivity contribution in [2.75, 3.05) is 20.8 Å². The van der Waals surface area contributed by atoms with Crippen LogP contribution in [0.1, 0.15) is 46.8 Å². The molecule has 0 saturated carbocycles. The van der Waals surface area contributed by atoms with Crippen LogP contribution in [0.4, 0.5) is 5.69 Å². The molecule has 34 heavy (non-hydrogen) atoms. The molecule has 6 heteroatoms. The van der Waals surface area contributed by atoms with Gasteiger partial charge in [-0.3, -0.25) is 9.79 Å². The molecule has 1 aliphatic rings. The number of rotatable bonds is 8. The maximum atomic E-state index is 12.9. The summed E-state index contributed by atoms with van der Waals surface area (Å²) in [6.07, 6.45) is 2.61. The summed E-state index contributed by atoms with van der Waals surface area (Å²) in [5.74, 6) is 1.28. The molecule has 5 nitrogen and oxygen atoms in total. The van der Waals surface area contributed by atoms with Crippen molar-refractivity contribution in [3.8, 4) is 11.5 Å². The van der Waals surface area contributed by atoms with Crippen molar-refractivity contribution >= 4 is 29.1 Å². The normalized spacial score (nSPS) is 12.2. The first kappa shape index (κ1) is 23.9. The van der Waals surface area contributed by atoms with E-state index in [-0.39, 0.29) is 5.91 Å². The predicted molar refractivity (Wildman–Crippen MR) is 138 cm³/mol. The van der Waals surface area contributed by atoms with Crippen LogP contribution in [-0.2, 0) is 6.42 Å². The van der Waals surface area contributed by atoms with Gasteiger partial charge in [0.25, 0.3) is 5.91 Å². The molecule has 3 aromatic carbocycles. The second kappa shape index (κ2) is 10.8. The molecule has 1 aliphatic heterocycles. The van der Waals surface area contributed by atoms with Crippen LogP contribution in [0.15, 0.2) is 69.4 Å². The van der Waals surface area contributed by atoms with Crippen LogP contribution < -0.4 is 14.8 Å². The van der Waals surface area contributed by atoms with Gasteiger partial charge in [0.15, 0.2) is 11.5 Å². The summed E-state index contributed by atoms with van der Waals surface area (Å²) in [5, 5.41) is 3.03. The number of ether oxygens (including phenoxy) is 2. The first-order chi connectivity index (χ1) is 16.5. The van der Waals surface area contributed by atoms with Gasteiger partial charge in [0, 0.05) is 33.2 Å². The molecule has 0 fully saturated rings. The van der Waals surface area contributed by atoms with Crippen LogP contribution in [0.25, 0.3) is 0 Å². The number of amides is 1. The monoisotopic (exact) mass is 474 g/mol. The summed E-state index contributed by atoms with van der Waals surface area (Å²) in [6.45, 7) is 4.80. The number of hydrogen-bond donors (Lipinski definition) is 1. The number of benzene rings is 3. The number of nitrogens with zero attached hydrogens (tertiary/aromatic N) is 1. The Morgan fingerprint density at radius 2 is 1.74 bits per heavy atom. The van der Waals surface area contributed by atoms with Crippen LogP contribution in [0, 0.1) is 6.92 Å². The Hall–Kier alpha value is -3.25. The number of nitrogens with one attached hydrogen (secondary N) is 1. The third kappa shape index (κ3) is 5.28. The molecule has 0 radical (unpaired) electrons. The zero-order valence-corrected chi connectivity index (χ0v) is 20.9. The lowest BCUT2D eigenvalue weighted by molar-refractivity contribution is 0.0954. The van der Waals surface area contributed by atoms with Crippen molar-refractivity contribution in [2.45, 2.75) is 42.9 Å². The Morgan fingerprint density at radius 3 is 2.50 bits per heavy atom. The molecular formula is C28H30N2O3S. The lowest BCUT2D eigenvalue weighted by Gasteiger charge is -2.11. The lowest BCUT2D eigenvalue weighted by Crippen LogP contribution is -2.25. The summed E-state index contributed by atoms with van der Waals surface area (Å²) in [4.78, 5) is 20.2. The van der Waals surface area contributed by atoms with Gasteiger partial charge in [0.05, 0.1) is 19.9 Å². The molecule has 0 saturated heterocycles. The molecule has 0 aliphatic carbocycles. The summed E-state index contributed by atoms with van der Waals surface area (Å²) in [6, 6.07) is 18.1. The average molecular weight is 475 g/mol. The minimum atomic E-state index is -0.0990. The predicted octanol–water partition coefficient (Wildman–Crippen LogP) is 6.37. The van der Waals surface area contributed by atoms with E-state index < -0.39 is 0 Å². The topological polar surface area (TPSA) is 59.9 Å². The molecular weight excluding hydrogens is 444 g/mol. The van der Waals surface area contributed by atoms with Gasteiger partial charge in [0.1, 0.15) is 0 Å². The van der Waals surface area contributed by atoms with E-state index in [1.54, 1.807) is 26.0 Å². The van der Waals surface area contributed by atoms with Crippen LogP contribution >= 0.6 is 11.8 Å². The van der Waals surface area contributed by atoms with Crippen molar-refractivity contribution in [1.29, 1.82) is 0 Å². The quantitative estimate of drug-likeness (QED) is 0.412. The first-order valence-corrected chi connectivity index (χ1v) is 12.3. The molecule has 0 aromatic heterocycles. The summed E-state index contributed by atoms with van der Waals surface area (Å²) in [5.41, 5.74) is 6.05. The molecule has 0 unspecified atom stereocenters. The minimum absolute atomic E-state index is 0.0990. The fourth-order valence-corrected chi connectivity index (χ4v) is 5.01.